The Morgan fingerprint density at radius 3 is 2.14 bits per heavy atom. The second kappa shape index (κ2) is 8.33. The van der Waals surface area contributed by atoms with Crippen LogP contribution >= 0.6 is 0 Å². The average molecular weight is 398 g/mol. The maximum Gasteiger partial charge on any atom is 0.243 e. The molecule has 0 aliphatic rings. The molecular weight excluding hydrogens is 370 g/mol. The highest BCUT2D eigenvalue weighted by molar-refractivity contribution is 7.89. The molecule has 0 atom stereocenters. The first-order valence-corrected chi connectivity index (χ1v) is 10.9. The summed E-state index contributed by atoms with van der Waals surface area (Å²) in [6.07, 6.45) is 2.20. The van der Waals surface area contributed by atoms with Gasteiger partial charge in [-0.1, -0.05) is 63.2 Å². The van der Waals surface area contributed by atoms with Crippen molar-refractivity contribution in [3.05, 3.63) is 89.9 Å². The minimum Gasteiger partial charge on any atom is -0.468 e. The number of furan rings is 1. The van der Waals surface area contributed by atoms with Gasteiger partial charge in [-0.05, 0) is 47.2 Å². The average Bonchev–Trinajstić information content (AvgIpc) is 3.18. The van der Waals surface area contributed by atoms with Crippen molar-refractivity contribution in [2.45, 2.75) is 44.0 Å². The molecule has 4 nitrogen and oxygen atoms in total. The summed E-state index contributed by atoms with van der Waals surface area (Å²) in [6.45, 7) is 6.93. The highest BCUT2D eigenvalue weighted by atomic mass is 32.2. The molecule has 1 heterocycles. The van der Waals surface area contributed by atoms with Crippen molar-refractivity contribution in [3.8, 4) is 0 Å². The Hall–Kier alpha value is -2.37. The molecule has 0 radical (unpaired) electrons. The first-order chi connectivity index (χ1) is 13.3. The predicted octanol–water partition coefficient (Wildman–Crippen LogP) is 5.01. The largest absolute Gasteiger partial charge is 0.468 e. The van der Waals surface area contributed by atoms with E-state index in [0.717, 1.165) is 11.1 Å². The van der Waals surface area contributed by atoms with E-state index < -0.39 is 10.0 Å². The van der Waals surface area contributed by atoms with Gasteiger partial charge in [0.05, 0.1) is 17.7 Å². The summed E-state index contributed by atoms with van der Waals surface area (Å²) >= 11 is 0. The highest BCUT2D eigenvalue weighted by Crippen LogP contribution is 2.25. The van der Waals surface area contributed by atoms with Crippen LogP contribution in [0, 0.1) is 0 Å². The van der Waals surface area contributed by atoms with Gasteiger partial charge in [0.1, 0.15) is 5.76 Å². The van der Waals surface area contributed by atoms with Crippen LogP contribution in [0.5, 0.6) is 0 Å². The van der Waals surface area contributed by atoms with Crippen LogP contribution in [0.4, 0.5) is 0 Å². The molecule has 0 aliphatic heterocycles. The maximum atomic E-state index is 13.3. The van der Waals surface area contributed by atoms with Crippen LogP contribution in [-0.2, 0) is 28.4 Å². The molecular formula is C23H27NO3S. The summed E-state index contributed by atoms with van der Waals surface area (Å²) < 4.78 is 33.5. The van der Waals surface area contributed by atoms with Crippen LogP contribution in [0.1, 0.15) is 37.7 Å². The summed E-state index contributed by atoms with van der Waals surface area (Å²) in [5, 5.41) is 0. The molecule has 28 heavy (non-hydrogen) atoms. The van der Waals surface area contributed by atoms with Crippen molar-refractivity contribution in [3.63, 3.8) is 0 Å². The Morgan fingerprint density at radius 2 is 1.57 bits per heavy atom. The van der Waals surface area contributed by atoms with Crippen LogP contribution in [0.3, 0.4) is 0 Å². The Balaban J connectivity index is 1.86. The van der Waals surface area contributed by atoms with Gasteiger partial charge in [0, 0.05) is 6.54 Å². The van der Waals surface area contributed by atoms with E-state index in [1.54, 1.807) is 30.5 Å². The topological polar surface area (TPSA) is 50.5 Å². The Bertz CT molecular complexity index is 971. The lowest BCUT2D eigenvalue weighted by molar-refractivity contribution is 0.366. The Kier molecular flexibility index (Phi) is 6.06. The van der Waals surface area contributed by atoms with Gasteiger partial charge in [0.2, 0.25) is 10.0 Å². The number of hydrogen-bond acceptors (Lipinski definition) is 3. The second-order valence-electron chi connectivity index (χ2n) is 7.93. The predicted molar refractivity (Wildman–Crippen MR) is 112 cm³/mol. The lowest BCUT2D eigenvalue weighted by Gasteiger charge is -2.23. The maximum absolute atomic E-state index is 13.3. The van der Waals surface area contributed by atoms with E-state index in [1.165, 1.54) is 4.31 Å². The van der Waals surface area contributed by atoms with E-state index in [4.69, 9.17) is 4.42 Å². The first kappa shape index (κ1) is 20.4. The van der Waals surface area contributed by atoms with Gasteiger partial charge in [-0.2, -0.15) is 4.31 Å². The van der Waals surface area contributed by atoms with Gasteiger partial charge < -0.3 is 4.42 Å². The number of nitrogens with zero attached hydrogens (tertiary/aromatic N) is 1. The van der Waals surface area contributed by atoms with Crippen molar-refractivity contribution < 1.29 is 12.8 Å². The smallest absolute Gasteiger partial charge is 0.243 e. The van der Waals surface area contributed by atoms with Crippen LogP contribution < -0.4 is 0 Å². The molecule has 0 amide bonds. The summed E-state index contributed by atoms with van der Waals surface area (Å²) in [7, 11) is -3.64. The molecule has 0 bridgehead atoms. The molecule has 1 aromatic heterocycles. The molecule has 0 unspecified atom stereocenters. The van der Waals surface area contributed by atoms with Gasteiger partial charge >= 0.3 is 0 Å². The summed E-state index contributed by atoms with van der Waals surface area (Å²) in [6, 6.07) is 20.7. The van der Waals surface area contributed by atoms with Crippen molar-refractivity contribution in [1.82, 2.24) is 4.31 Å². The lowest BCUT2D eigenvalue weighted by Crippen LogP contribution is -2.32. The standard InChI is InChI=1S/C23H27NO3S/c1-23(2,3)20-11-13-22(14-12-20)28(25,26)24(18-21-10-7-17-27-21)16-15-19-8-5-4-6-9-19/h4-14,17H,15-16,18H2,1-3H3. The molecule has 3 aromatic rings. The van der Waals surface area contributed by atoms with Crippen LogP contribution in [0.25, 0.3) is 0 Å². The van der Waals surface area contributed by atoms with E-state index in [-0.39, 0.29) is 12.0 Å². The van der Waals surface area contributed by atoms with Crippen molar-refractivity contribution >= 4 is 10.0 Å². The third kappa shape index (κ3) is 4.91. The number of hydrogen-bond donors (Lipinski definition) is 0. The molecule has 0 fully saturated rings. The van der Waals surface area contributed by atoms with Crippen LogP contribution in [0.2, 0.25) is 0 Å². The number of rotatable bonds is 7. The minimum absolute atomic E-state index is 0.0243. The van der Waals surface area contributed by atoms with E-state index in [2.05, 4.69) is 20.8 Å². The Morgan fingerprint density at radius 1 is 0.893 bits per heavy atom. The summed E-state index contributed by atoms with van der Waals surface area (Å²) in [4.78, 5) is 0.306. The fraction of sp³-hybridized carbons (Fsp3) is 0.304. The fourth-order valence-electron chi connectivity index (χ4n) is 3.04. The third-order valence-electron chi connectivity index (χ3n) is 4.76. The molecule has 0 aliphatic carbocycles. The summed E-state index contributed by atoms with van der Waals surface area (Å²) in [5.74, 6) is 0.628. The van der Waals surface area contributed by atoms with Gasteiger partial charge in [-0.15, -0.1) is 0 Å². The zero-order chi connectivity index (χ0) is 20.2. The van der Waals surface area contributed by atoms with Gasteiger partial charge in [-0.3, -0.25) is 0 Å². The van der Waals surface area contributed by atoms with Crippen LogP contribution in [-0.4, -0.2) is 19.3 Å². The van der Waals surface area contributed by atoms with Crippen LogP contribution in [0.15, 0.2) is 82.3 Å². The minimum atomic E-state index is -3.64. The van der Waals surface area contributed by atoms with Crippen molar-refractivity contribution in [1.29, 1.82) is 0 Å². The molecule has 0 saturated heterocycles. The third-order valence-corrected chi connectivity index (χ3v) is 6.62. The normalized spacial score (nSPS) is 12.4. The first-order valence-electron chi connectivity index (χ1n) is 9.44. The zero-order valence-electron chi connectivity index (χ0n) is 16.6. The second-order valence-corrected chi connectivity index (χ2v) is 9.87. The quantitative estimate of drug-likeness (QED) is 0.563. The SMILES string of the molecule is CC(C)(C)c1ccc(S(=O)(=O)N(CCc2ccccc2)Cc2ccco2)cc1. The van der Waals surface area contributed by atoms with E-state index in [0.29, 0.717) is 23.6 Å². The van der Waals surface area contributed by atoms with Crippen molar-refractivity contribution in [2.24, 2.45) is 0 Å². The zero-order valence-corrected chi connectivity index (χ0v) is 17.4. The fourth-order valence-corrected chi connectivity index (χ4v) is 4.44. The lowest BCUT2D eigenvalue weighted by atomic mass is 9.87. The molecule has 2 aromatic carbocycles. The molecule has 0 N–H and O–H groups in total. The van der Waals surface area contributed by atoms with Gasteiger partial charge in [0.15, 0.2) is 0 Å². The molecule has 148 valence electrons. The number of sulfonamides is 1. The summed E-state index contributed by atoms with van der Waals surface area (Å²) in [5.41, 5.74) is 2.18. The monoisotopic (exact) mass is 397 g/mol. The van der Waals surface area contributed by atoms with E-state index in [1.807, 2.05) is 42.5 Å². The molecule has 5 heteroatoms. The Labute approximate surface area is 167 Å². The van der Waals surface area contributed by atoms with Crippen molar-refractivity contribution in [2.75, 3.05) is 6.54 Å². The van der Waals surface area contributed by atoms with E-state index >= 15 is 0 Å². The van der Waals surface area contributed by atoms with Gasteiger partial charge in [-0.25, -0.2) is 8.42 Å². The van der Waals surface area contributed by atoms with E-state index in [9.17, 15) is 8.42 Å². The molecule has 3 rings (SSSR count). The molecule has 0 saturated carbocycles. The van der Waals surface area contributed by atoms with Gasteiger partial charge in [0.25, 0.3) is 0 Å². The number of benzene rings is 2. The highest BCUT2D eigenvalue weighted by Gasteiger charge is 2.26. The molecule has 0 spiro atoms.